The van der Waals surface area contributed by atoms with Crippen molar-refractivity contribution in [1.29, 1.82) is 0 Å². The lowest BCUT2D eigenvalue weighted by molar-refractivity contribution is 0.270. The van der Waals surface area contributed by atoms with Crippen molar-refractivity contribution in [2.24, 2.45) is 0 Å². The molecule has 0 amide bonds. The van der Waals surface area contributed by atoms with Crippen LogP contribution in [0.25, 0.3) is 49.9 Å². The van der Waals surface area contributed by atoms with Crippen LogP contribution < -0.4 is 4.74 Å². The molecule has 176 valence electrons. The van der Waals surface area contributed by atoms with E-state index in [0.717, 1.165) is 18.6 Å². The minimum atomic E-state index is 0.0833. The van der Waals surface area contributed by atoms with Gasteiger partial charge in [-0.3, -0.25) is 0 Å². The van der Waals surface area contributed by atoms with Crippen molar-refractivity contribution in [2.45, 2.75) is 24.9 Å². The van der Waals surface area contributed by atoms with Gasteiger partial charge in [-0.05, 0) is 74.3 Å². The van der Waals surface area contributed by atoms with Crippen LogP contribution in [-0.4, -0.2) is 6.10 Å². The number of hydrogen-bond acceptors (Lipinski definition) is 1. The van der Waals surface area contributed by atoms with Crippen LogP contribution in [0.4, 0.5) is 0 Å². The van der Waals surface area contributed by atoms with E-state index in [2.05, 4.69) is 121 Å². The van der Waals surface area contributed by atoms with E-state index in [4.69, 9.17) is 4.74 Å². The fraction of sp³-hybridized carbons (Fsp3) is 0.111. The first-order valence-corrected chi connectivity index (χ1v) is 13.2. The summed E-state index contributed by atoms with van der Waals surface area (Å²) in [5.41, 5.74) is 9.25. The third kappa shape index (κ3) is 3.10. The van der Waals surface area contributed by atoms with Crippen molar-refractivity contribution in [3.05, 3.63) is 132 Å². The molecule has 0 saturated carbocycles. The quantitative estimate of drug-likeness (QED) is 0.248. The predicted molar refractivity (Wildman–Crippen MR) is 155 cm³/mol. The number of allylic oxidation sites excluding steroid dienone is 3. The first-order chi connectivity index (χ1) is 18.4. The summed E-state index contributed by atoms with van der Waals surface area (Å²) in [6.07, 6.45) is 15.6. The molecule has 3 aliphatic rings. The minimum absolute atomic E-state index is 0.0833. The summed E-state index contributed by atoms with van der Waals surface area (Å²) in [5, 5.41) is 5.15. The van der Waals surface area contributed by atoms with Crippen LogP contribution in [-0.2, 0) is 6.42 Å². The molecule has 37 heavy (non-hydrogen) atoms. The van der Waals surface area contributed by atoms with Crippen LogP contribution in [0.3, 0.4) is 0 Å². The van der Waals surface area contributed by atoms with Crippen molar-refractivity contribution in [1.82, 2.24) is 0 Å². The van der Waals surface area contributed by atoms with Crippen molar-refractivity contribution in [3.63, 3.8) is 0 Å². The molecule has 0 fully saturated rings. The molecular weight excluding hydrogens is 448 g/mol. The van der Waals surface area contributed by atoms with Gasteiger partial charge in [-0.25, -0.2) is 0 Å². The SMILES string of the molecule is C1=CC2Oc3c(-c4c5c(c(-c6ccc7ccccc7c6)c6ccccc46)C=CCC5)cccc3C2C=C1. The molecule has 0 spiro atoms. The van der Waals surface area contributed by atoms with E-state index in [0.29, 0.717) is 5.92 Å². The highest BCUT2D eigenvalue weighted by Gasteiger charge is 2.35. The normalized spacial score (nSPS) is 19.0. The maximum Gasteiger partial charge on any atom is 0.132 e. The van der Waals surface area contributed by atoms with Crippen LogP contribution in [0, 0.1) is 0 Å². The first kappa shape index (κ1) is 20.8. The standard InChI is InChI=1S/C36H26O/c1-2-11-24-22-25(21-20-23(24)10-1)34-27-13-3-5-15-29(27)35(30-16-6-4-14-28(30)34)32-18-9-17-31-26-12-7-8-19-33(26)37-36(31)32/h1-5,7-15,17-22,26,33H,6,16H2. The summed E-state index contributed by atoms with van der Waals surface area (Å²) in [7, 11) is 0. The Morgan fingerprint density at radius 3 is 2.43 bits per heavy atom. The highest BCUT2D eigenvalue weighted by atomic mass is 16.5. The van der Waals surface area contributed by atoms with Gasteiger partial charge in [-0.2, -0.15) is 0 Å². The third-order valence-corrected chi connectivity index (χ3v) is 8.26. The van der Waals surface area contributed by atoms with Gasteiger partial charge in [0.15, 0.2) is 0 Å². The molecule has 5 aromatic carbocycles. The van der Waals surface area contributed by atoms with Crippen molar-refractivity contribution in [2.75, 3.05) is 0 Å². The van der Waals surface area contributed by atoms with Crippen LogP contribution in [0.5, 0.6) is 5.75 Å². The molecule has 8 rings (SSSR count). The Kier molecular flexibility index (Phi) is 4.54. The molecule has 0 saturated heterocycles. The molecule has 5 aromatic rings. The Morgan fingerprint density at radius 2 is 1.51 bits per heavy atom. The van der Waals surface area contributed by atoms with Crippen LogP contribution >= 0.6 is 0 Å². The second-order valence-electron chi connectivity index (χ2n) is 10.3. The topological polar surface area (TPSA) is 9.23 Å². The van der Waals surface area contributed by atoms with Gasteiger partial charge in [0.25, 0.3) is 0 Å². The summed E-state index contributed by atoms with van der Waals surface area (Å²) in [5.74, 6) is 1.34. The molecule has 0 N–H and O–H groups in total. The Labute approximate surface area is 217 Å². The van der Waals surface area contributed by atoms with E-state index in [1.807, 2.05) is 0 Å². The second kappa shape index (κ2) is 8.08. The summed E-state index contributed by atoms with van der Waals surface area (Å²) in [6.45, 7) is 0. The largest absolute Gasteiger partial charge is 0.484 e. The Hall–Kier alpha value is -4.36. The van der Waals surface area contributed by atoms with Gasteiger partial charge < -0.3 is 4.74 Å². The van der Waals surface area contributed by atoms with E-state index in [1.165, 1.54) is 60.5 Å². The second-order valence-corrected chi connectivity index (χ2v) is 10.3. The summed E-state index contributed by atoms with van der Waals surface area (Å²) in [6, 6.07) is 31.2. The van der Waals surface area contributed by atoms with Gasteiger partial charge in [-0.15, -0.1) is 0 Å². The Balaban J connectivity index is 1.44. The van der Waals surface area contributed by atoms with Crippen LogP contribution in [0.15, 0.2) is 115 Å². The van der Waals surface area contributed by atoms with Crippen molar-refractivity contribution < 1.29 is 4.74 Å². The molecule has 2 unspecified atom stereocenters. The van der Waals surface area contributed by atoms with Crippen LogP contribution in [0.1, 0.15) is 29.0 Å². The lowest BCUT2D eigenvalue weighted by Gasteiger charge is -2.24. The lowest BCUT2D eigenvalue weighted by atomic mass is 9.79. The fourth-order valence-electron chi connectivity index (χ4n) is 6.61. The molecule has 1 aliphatic heterocycles. The number of rotatable bonds is 2. The van der Waals surface area contributed by atoms with E-state index in [9.17, 15) is 0 Å². The molecular formula is C36H26O. The molecule has 0 radical (unpaired) electrons. The van der Waals surface area contributed by atoms with E-state index in [-0.39, 0.29) is 6.10 Å². The zero-order valence-electron chi connectivity index (χ0n) is 20.5. The van der Waals surface area contributed by atoms with Gasteiger partial charge in [0.05, 0.1) is 0 Å². The number of para-hydroxylation sites is 1. The molecule has 0 aromatic heterocycles. The van der Waals surface area contributed by atoms with Gasteiger partial charge in [0.1, 0.15) is 11.9 Å². The predicted octanol–water partition coefficient (Wildman–Crippen LogP) is 9.26. The molecule has 1 heteroatoms. The average molecular weight is 475 g/mol. The van der Waals surface area contributed by atoms with Gasteiger partial charge in [0, 0.05) is 17.0 Å². The van der Waals surface area contributed by atoms with E-state index >= 15 is 0 Å². The van der Waals surface area contributed by atoms with E-state index < -0.39 is 0 Å². The van der Waals surface area contributed by atoms with E-state index in [1.54, 1.807) is 0 Å². The number of hydrogen-bond donors (Lipinski definition) is 0. The summed E-state index contributed by atoms with van der Waals surface area (Å²) in [4.78, 5) is 0. The molecule has 1 heterocycles. The first-order valence-electron chi connectivity index (χ1n) is 13.2. The summed E-state index contributed by atoms with van der Waals surface area (Å²) < 4.78 is 6.64. The molecule has 2 aliphatic carbocycles. The van der Waals surface area contributed by atoms with Gasteiger partial charge in [-0.1, -0.05) is 109 Å². The summed E-state index contributed by atoms with van der Waals surface area (Å²) >= 11 is 0. The number of ether oxygens (including phenoxy) is 1. The third-order valence-electron chi connectivity index (χ3n) is 8.26. The van der Waals surface area contributed by atoms with Gasteiger partial charge in [0.2, 0.25) is 0 Å². The highest BCUT2D eigenvalue weighted by Crippen LogP contribution is 2.51. The molecule has 2 atom stereocenters. The Bertz CT molecular complexity index is 1820. The number of fused-ring (bicyclic) bond motifs is 6. The molecule has 0 bridgehead atoms. The maximum absolute atomic E-state index is 6.64. The number of benzene rings is 5. The smallest absolute Gasteiger partial charge is 0.132 e. The van der Waals surface area contributed by atoms with Gasteiger partial charge >= 0.3 is 0 Å². The monoisotopic (exact) mass is 474 g/mol. The van der Waals surface area contributed by atoms with Crippen molar-refractivity contribution >= 4 is 27.6 Å². The minimum Gasteiger partial charge on any atom is -0.484 e. The van der Waals surface area contributed by atoms with Crippen LogP contribution in [0.2, 0.25) is 0 Å². The zero-order valence-corrected chi connectivity index (χ0v) is 20.5. The Morgan fingerprint density at radius 1 is 0.703 bits per heavy atom. The highest BCUT2D eigenvalue weighted by molar-refractivity contribution is 6.11. The zero-order chi connectivity index (χ0) is 24.3. The maximum atomic E-state index is 6.64. The average Bonchev–Trinajstić information content (AvgIpc) is 3.35. The molecule has 1 nitrogen and oxygen atoms in total. The fourth-order valence-corrected chi connectivity index (χ4v) is 6.61. The van der Waals surface area contributed by atoms with Crippen molar-refractivity contribution in [3.8, 4) is 28.0 Å². The lowest BCUT2D eigenvalue weighted by Crippen LogP contribution is -2.15.